The third-order valence-corrected chi connectivity index (χ3v) is 3.39. The zero-order valence-electron chi connectivity index (χ0n) is 9.31. The van der Waals surface area contributed by atoms with Crippen molar-refractivity contribution in [3.63, 3.8) is 0 Å². The van der Waals surface area contributed by atoms with Gasteiger partial charge in [0.2, 0.25) is 0 Å². The summed E-state index contributed by atoms with van der Waals surface area (Å²) < 4.78 is 38.3. The van der Waals surface area contributed by atoms with Crippen LogP contribution >= 0.6 is 11.8 Å². The molecule has 0 amide bonds. The van der Waals surface area contributed by atoms with Crippen molar-refractivity contribution in [1.29, 1.82) is 0 Å². The lowest BCUT2D eigenvalue weighted by Crippen LogP contribution is -2.15. The number of aliphatic hydroxyl groups excluding tert-OH is 3. The average Bonchev–Trinajstić information content (AvgIpc) is 2.34. The summed E-state index contributed by atoms with van der Waals surface area (Å²) in [5.41, 5.74) is -0.668. The summed E-state index contributed by atoms with van der Waals surface area (Å²) in [6.07, 6.45) is -5.58. The van der Waals surface area contributed by atoms with Gasteiger partial charge in [-0.15, -0.1) is 11.8 Å². The second-order valence-corrected chi connectivity index (χ2v) is 4.70. The van der Waals surface area contributed by atoms with E-state index in [-0.39, 0.29) is 16.2 Å². The van der Waals surface area contributed by atoms with Gasteiger partial charge in [-0.25, -0.2) is 0 Å². The van der Waals surface area contributed by atoms with Crippen LogP contribution in [0, 0.1) is 0 Å². The first-order valence-corrected chi connectivity index (χ1v) is 6.09. The number of thioether (sulfide) groups is 1. The van der Waals surface area contributed by atoms with Crippen molar-refractivity contribution in [2.45, 2.75) is 23.8 Å². The number of benzene rings is 1. The largest absolute Gasteiger partial charge is 0.417 e. The molecular formula is C11H13F3O3S. The van der Waals surface area contributed by atoms with E-state index in [1.165, 1.54) is 12.1 Å². The first kappa shape index (κ1) is 15.3. The number of halogens is 3. The van der Waals surface area contributed by atoms with Crippen LogP contribution in [0.1, 0.15) is 11.1 Å². The molecule has 0 bridgehead atoms. The Morgan fingerprint density at radius 2 is 1.89 bits per heavy atom. The van der Waals surface area contributed by atoms with E-state index in [9.17, 15) is 13.2 Å². The lowest BCUT2D eigenvalue weighted by molar-refractivity contribution is -0.139. The van der Waals surface area contributed by atoms with Gasteiger partial charge in [0.15, 0.2) is 0 Å². The number of aliphatic hydroxyl groups is 3. The Morgan fingerprint density at radius 1 is 1.22 bits per heavy atom. The molecule has 7 heteroatoms. The summed E-state index contributed by atoms with van der Waals surface area (Å²) in [6, 6.07) is 3.53. The second-order valence-electron chi connectivity index (χ2n) is 3.63. The fourth-order valence-corrected chi connectivity index (χ4v) is 2.23. The SMILES string of the molecule is OCc1ccc(SCC(O)CO)c(C(F)(F)F)c1. The molecule has 1 atom stereocenters. The van der Waals surface area contributed by atoms with Gasteiger partial charge in [0.25, 0.3) is 0 Å². The highest BCUT2D eigenvalue weighted by atomic mass is 32.2. The van der Waals surface area contributed by atoms with Gasteiger partial charge >= 0.3 is 6.18 Å². The van der Waals surface area contributed by atoms with Crippen molar-refractivity contribution in [3.05, 3.63) is 29.3 Å². The van der Waals surface area contributed by atoms with Crippen molar-refractivity contribution >= 4 is 11.8 Å². The molecule has 0 saturated heterocycles. The smallest absolute Gasteiger partial charge is 0.394 e. The van der Waals surface area contributed by atoms with E-state index in [1.54, 1.807) is 0 Å². The molecule has 0 aliphatic heterocycles. The van der Waals surface area contributed by atoms with E-state index >= 15 is 0 Å². The van der Waals surface area contributed by atoms with Gasteiger partial charge in [-0.05, 0) is 17.7 Å². The topological polar surface area (TPSA) is 60.7 Å². The molecule has 0 saturated carbocycles. The molecule has 0 aliphatic rings. The predicted molar refractivity (Wildman–Crippen MR) is 61.2 cm³/mol. The van der Waals surface area contributed by atoms with Gasteiger partial charge in [-0.3, -0.25) is 0 Å². The zero-order valence-corrected chi connectivity index (χ0v) is 10.1. The third kappa shape index (κ3) is 4.16. The maximum Gasteiger partial charge on any atom is 0.417 e. The fraction of sp³-hybridized carbons (Fsp3) is 0.455. The van der Waals surface area contributed by atoms with Gasteiger partial charge in [-0.2, -0.15) is 13.2 Å². The Morgan fingerprint density at radius 3 is 2.39 bits per heavy atom. The molecule has 0 aliphatic carbocycles. The van der Waals surface area contributed by atoms with Gasteiger partial charge < -0.3 is 15.3 Å². The minimum absolute atomic E-state index is 0.0297. The van der Waals surface area contributed by atoms with E-state index in [0.29, 0.717) is 0 Å². The molecule has 1 rings (SSSR count). The first-order valence-electron chi connectivity index (χ1n) is 5.11. The lowest BCUT2D eigenvalue weighted by Gasteiger charge is -2.14. The molecule has 0 spiro atoms. The molecule has 0 aromatic heterocycles. The Bertz CT molecular complexity index is 396. The van der Waals surface area contributed by atoms with Crippen LogP contribution in [0.3, 0.4) is 0 Å². The first-order chi connectivity index (χ1) is 8.38. The van der Waals surface area contributed by atoms with Gasteiger partial charge in [0, 0.05) is 10.6 Å². The van der Waals surface area contributed by atoms with Crippen LogP contribution in [0.4, 0.5) is 13.2 Å². The standard InChI is InChI=1S/C11H13F3O3S/c12-11(13,14)9-3-7(4-15)1-2-10(9)18-6-8(17)5-16/h1-3,8,15-17H,4-6H2. The van der Waals surface area contributed by atoms with Gasteiger partial charge in [0.05, 0.1) is 24.9 Å². The molecule has 102 valence electrons. The minimum atomic E-state index is -4.52. The quantitative estimate of drug-likeness (QED) is 0.719. The van der Waals surface area contributed by atoms with E-state index in [0.717, 1.165) is 17.8 Å². The molecule has 0 fully saturated rings. The van der Waals surface area contributed by atoms with Gasteiger partial charge in [-0.1, -0.05) is 6.07 Å². The third-order valence-electron chi connectivity index (χ3n) is 2.17. The Balaban J connectivity index is 2.96. The van der Waals surface area contributed by atoms with Crippen molar-refractivity contribution in [3.8, 4) is 0 Å². The van der Waals surface area contributed by atoms with Crippen LogP contribution in [-0.2, 0) is 12.8 Å². The molecule has 1 unspecified atom stereocenters. The van der Waals surface area contributed by atoms with Crippen LogP contribution in [0.2, 0.25) is 0 Å². The van der Waals surface area contributed by atoms with Crippen LogP contribution in [0.5, 0.6) is 0 Å². The highest BCUT2D eigenvalue weighted by Gasteiger charge is 2.33. The van der Waals surface area contributed by atoms with Crippen molar-refractivity contribution in [2.75, 3.05) is 12.4 Å². The summed E-state index contributed by atoms with van der Waals surface area (Å²) in [5, 5.41) is 26.6. The van der Waals surface area contributed by atoms with Crippen molar-refractivity contribution in [2.24, 2.45) is 0 Å². The summed E-state index contributed by atoms with van der Waals surface area (Å²) in [4.78, 5) is -0.0350. The molecule has 18 heavy (non-hydrogen) atoms. The maximum atomic E-state index is 12.8. The van der Waals surface area contributed by atoms with Gasteiger partial charge in [0.1, 0.15) is 0 Å². The Hall–Kier alpha value is -0.760. The summed E-state index contributed by atoms with van der Waals surface area (Å²) >= 11 is 0.814. The Kier molecular flexibility index (Phi) is 5.46. The van der Waals surface area contributed by atoms with Crippen LogP contribution in [-0.4, -0.2) is 33.8 Å². The molecule has 1 aromatic carbocycles. The lowest BCUT2D eigenvalue weighted by atomic mass is 10.1. The monoisotopic (exact) mass is 282 g/mol. The number of alkyl halides is 3. The van der Waals surface area contributed by atoms with E-state index in [4.69, 9.17) is 15.3 Å². The van der Waals surface area contributed by atoms with E-state index in [2.05, 4.69) is 0 Å². The Labute approximate surface area is 106 Å². The number of hydrogen-bond acceptors (Lipinski definition) is 4. The van der Waals surface area contributed by atoms with Crippen LogP contribution in [0.25, 0.3) is 0 Å². The molecular weight excluding hydrogens is 269 g/mol. The molecule has 3 N–H and O–H groups in total. The average molecular weight is 282 g/mol. The van der Waals surface area contributed by atoms with Crippen molar-refractivity contribution in [1.82, 2.24) is 0 Å². The molecule has 0 heterocycles. The number of rotatable bonds is 5. The summed E-state index contributed by atoms with van der Waals surface area (Å²) in [7, 11) is 0. The molecule has 0 radical (unpaired) electrons. The summed E-state index contributed by atoms with van der Waals surface area (Å²) in [5.74, 6) is -0.0297. The summed E-state index contributed by atoms with van der Waals surface area (Å²) in [6.45, 7) is -0.962. The maximum absolute atomic E-state index is 12.8. The van der Waals surface area contributed by atoms with Crippen LogP contribution in [0.15, 0.2) is 23.1 Å². The van der Waals surface area contributed by atoms with E-state index in [1.807, 2.05) is 0 Å². The highest BCUT2D eigenvalue weighted by Crippen LogP contribution is 2.37. The predicted octanol–water partition coefficient (Wildman–Crippen LogP) is 1.64. The zero-order chi connectivity index (χ0) is 13.8. The normalized spacial score (nSPS) is 13.7. The van der Waals surface area contributed by atoms with Crippen LogP contribution < -0.4 is 0 Å². The molecule has 3 nitrogen and oxygen atoms in total. The number of hydrogen-bond donors (Lipinski definition) is 3. The highest BCUT2D eigenvalue weighted by molar-refractivity contribution is 7.99. The minimum Gasteiger partial charge on any atom is -0.394 e. The van der Waals surface area contributed by atoms with E-state index < -0.39 is 31.1 Å². The second kappa shape index (κ2) is 6.42. The fourth-order valence-electron chi connectivity index (χ4n) is 1.26. The van der Waals surface area contributed by atoms with Crippen molar-refractivity contribution < 1.29 is 28.5 Å². The molecule has 1 aromatic rings.